The Hall–Kier alpha value is -3.55. The Kier molecular flexibility index (Phi) is 6.53. The molecule has 1 aliphatic carbocycles. The van der Waals surface area contributed by atoms with Gasteiger partial charge in [-0.3, -0.25) is 4.79 Å². The quantitative estimate of drug-likeness (QED) is 0.539. The van der Waals surface area contributed by atoms with Crippen molar-refractivity contribution in [2.24, 2.45) is 0 Å². The number of amides is 1. The summed E-state index contributed by atoms with van der Waals surface area (Å²) in [6, 6.07) is 10.6. The fourth-order valence-electron chi connectivity index (χ4n) is 4.62. The topological polar surface area (TPSA) is 89.8 Å². The van der Waals surface area contributed by atoms with Gasteiger partial charge in [0.05, 0.1) is 7.11 Å². The number of aliphatic carboxylic acids is 1. The van der Waals surface area contributed by atoms with Gasteiger partial charge in [-0.2, -0.15) is 0 Å². The van der Waals surface area contributed by atoms with Crippen molar-refractivity contribution >= 4 is 22.8 Å². The number of carboxylic acids is 1. The van der Waals surface area contributed by atoms with Crippen molar-refractivity contribution in [2.45, 2.75) is 44.7 Å². The van der Waals surface area contributed by atoms with Crippen LogP contribution < -0.4 is 14.8 Å². The van der Waals surface area contributed by atoms with Crippen molar-refractivity contribution in [3.8, 4) is 11.5 Å². The summed E-state index contributed by atoms with van der Waals surface area (Å²) in [4.78, 5) is 24.4. The summed E-state index contributed by atoms with van der Waals surface area (Å²) in [5, 5.41) is 13.4. The van der Waals surface area contributed by atoms with E-state index in [2.05, 4.69) is 5.32 Å². The molecule has 2 aromatic carbocycles. The number of nitrogens with zero attached hydrogens (tertiary/aromatic N) is 1. The maximum absolute atomic E-state index is 14.1. The Morgan fingerprint density at radius 2 is 2.03 bits per heavy atom. The van der Waals surface area contributed by atoms with Gasteiger partial charge in [-0.15, -0.1) is 0 Å². The SMILES string of the molecule is CCC(C(=O)O)n1c2c(c3cc(F)ccc31)C[C@@H](NC(=O)COc1cccc(OC)c1)CC2. The molecule has 0 saturated carbocycles. The van der Waals surface area contributed by atoms with E-state index in [4.69, 9.17) is 9.47 Å². The van der Waals surface area contributed by atoms with Crippen LogP contribution in [0.1, 0.15) is 37.1 Å². The number of rotatable bonds is 8. The molecule has 0 fully saturated rings. The van der Waals surface area contributed by atoms with Gasteiger partial charge in [0.1, 0.15) is 23.4 Å². The van der Waals surface area contributed by atoms with Crippen LogP contribution in [-0.2, 0) is 22.4 Å². The summed E-state index contributed by atoms with van der Waals surface area (Å²) < 4.78 is 26.6. The van der Waals surface area contributed by atoms with Crippen molar-refractivity contribution < 1.29 is 28.6 Å². The van der Waals surface area contributed by atoms with E-state index in [0.29, 0.717) is 48.1 Å². The van der Waals surface area contributed by atoms with E-state index < -0.39 is 12.0 Å². The monoisotopic (exact) mass is 454 g/mol. The number of benzene rings is 2. The molecule has 1 unspecified atom stereocenters. The summed E-state index contributed by atoms with van der Waals surface area (Å²) in [6.07, 6.45) is 2.18. The number of halogens is 1. The number of hydrogen-bond acceptors (Lipinski definition) is 4. The normalized spacial score (nSPS) is 16.2. The lowest BCUT2D eigenvalue weighted by Gasteiger charge is -2.26. The molecule has 0 spiro atoms. The Morgan fingerprint density at radius 3 is 2.76 bits per heavy atom. The Bertz CT molecular complexity index is 1190. The van der Waals surface area contributed by atoms with Crippen LogP contribution >= 0.6 is 0 Å². The first-order chi connectivity index (χ1) is 15.9. The van der Waals surface area contributed by atoms with Gasteiger partial charge in [-0.05, 0) is 61.6 Å². The minimum absolute atomic E-state index is 0.135. The zero-order valence-electron chi connectivity index (χ0n) is 18.6. The van der Waals surface area contributed by atoms with E-state index in [1.807, 2.05) is 11.5 Å². The van der Waals surface area contributed by atoms with E-state index in [0.717, 1.165) is 11.3 Å². The molecule has 1 amide bonds. The fourth-order valence-corrected chi connectivity index (χ4v) is 4.62. The third kappa shape index (κ3) is 4.65. The highest BCUT2D eigenvalue weighted by atomic mass is 19.1. The predicted molar refractivity (Wildman–Crippen MR) is 121 cm³/mol. The van der Waals surface area contributed by atoms with E-state index in [1.54, 1.807) is 37.4 Å². The first kappa shape index (κ1) is 22.6. The minimum atomic E-state index is -0.911. The summed E-state index contributed by atoms with van der Waals surface area (Å²) in [5.74, 6) is -0.357. The number of methoxy groups -OCH3 is 1. The molecule has 3 aromatic rings. The molecule has 0 bridgehead atoms. The first-order valence-electron chi connectivity index (χ1n) is 11.0. The van der Waals surface area contributed by atoms with Crippen LogP contribution in [0.2, 0.25) is 0 Å². The summed E-state index contributed by atoms with van der Waals surface area (Å²) in [5.41, 5.74) is 2.52. The number of nitrogens with one attached hydrogen (secondary N) is 1. The van der Waals surface area contributed by atoms with Crippen molar-refractivity contribution in [2.75, 3.05) is 13.7 Å². The standard InChI is InChI=1S/C25H27FN2O5/c1-3-21(25(30)31)28-22-9-7-15(26)11-19(22)20-12-16(8-10-23(20)28)27-24(29)14-33-18-6-4-5-17(13-18)32-2/h4-7,9,11,13,16,21H,3,8,10,12,14H2,1-2H3,(H,27,29)(H,30,31)/t16-,21?/m0/s1. The second-order valence-electron chi connectivity index (χ2n) is 8.19. The van der Waals surface area contributed by atoms with Gasteiger partial charge in [-0.1, -0.05) is 13.0 Å². The number of hydrogen-bond donors (Lipinski definition) is 2. The molecule has 0 saturated heterocycles. The number of carbonyl (C=O) groups excluding carboxylic acids is 1. The van der Waals surface area contributed by atoms with Gasteiger partial charge in [0.25, 0.3) is 5.91 Å². The highest BCUT2D eigenvalue weighted by Gasteiger charge is 2.31. The largest absolute Gasteiger partial charge is 0.497 e. The lowest BCUT2D eigenvalue weighted by Crippen LogP contribution is -2.41. The molecule has 0 aliphatic heterocycles. The fraction of sp³-hybridized carbons (Fsp3) is 0.360. The highest BCUT2D eigenvalue weighted by molar-refractivity contribution is 5.88. The van der Waals surface area contributed by atoms with Crippen LogP contribution in [0.3, 0.4) is 0 Å². The molecule has 2 atom stereocenters. The molecule has 174 valence electrons. The zero-order valence-corrected chi connectivity index (χ0v) is 18.6. The summed E-state index contributed by atoms with van der Waals surface area (Å²) in [6.45, 7) is 1.69. The van der Waals surface area contributed by atoms with Gasteiger partial charge in [0.2, 0.25) is 0 Å². The van der Waals surface area contributed by atoms with Crippen LogP contribution in [0, 0.1) is 5.82 Å². The second-order valence-corrected chi connectivity index (χ2v) is 8.19. The summed E-state index contributed by atoms with van der Waals surface area (Å²) in [7, 11) is 1.56. The Balaban J connectivity index is 1.52. The van der Waals surface area contributed by atoms with E-state index in [-0.39, 0.29) is 24.4 Å². The van der Waals surface area contributed by atoms with Crippen LogP contribution in [0.4, 0.5) is 4.39 Å². The molecular formula is C25H27FN2O5. The molecule has 1 heterocycles. The number of carboxylic acid groups (broad SMARTS) is 1. The average molecular weight is 454 g/mol. The molecule has 1 aromatic heterocycles. The molecule has 2 N–H and O–H groups in total. The third-order valence-electron chi connectivity index (χ3n) is 6.12. The molecule has 1 aliphatic rings. The maximum Gasteiger partial charge on any atom is 0.326 e. The van der Waals surface area contributed by atoms with Gasteiger partial charge in [-0.25, -0.2) is 9.18 Å². The Morgan fingerprint density at radius 1 is 1.24 bits per heavy atom. The van der Waals surface area contributed by atoms with Crippen molar-refractivity contribution in [1.82, 2.24) is 9.88 Å². The van der Waals surface area contributed by atoms with Crippen LogP contribution in [-0.4, -0.2) is 41.3 Å². The number of carbonyl (C=O) groups is 2. The average Bonchev–Trinajstić information content (AvgIpc) is 3.11. The van der Waals surface area contributed by atoms with Gasteiger partial charge in [0, 0.05) is 28.7 Å². The molecule has 8 heteroatoms. The van der Waals surface area contributed by atoms with E-state index in [1.165, 1.54) is 12.1 Å². The van der Waals surface area contributed by atoms with Crippen molar-refractivity contribution in [3.63, 3.8) is 0 Å². The molecule has 33 heavy (non-hydrogen) atoms. The first-order valence-corrected chi connectivity index (χ1v) is 11.0. The third-order valence-corrected chi connectivity index (χ3v) is 6.12. The van der Waals surface area contributed by atoms with Crippen LogP contribution in [0.15, 0.2) is 42.5 Å². The molecule has 7 nitrogen and oxygen atoms in total. The zero-order chi connectivity index (χ0) is 23.5. The maximum atomic E-state index is 14.1. The molecule has 0 radical (unpaired) electrons. The molecular weight excluding hydrogens is 427 g/mol. The second kappa shape index (κ2) is 9.52. The Labute approximate surface area is 191 Å². The predicted octanol–water partition coefficient (Wildman–Crippen LogP) is 3.88. The number of fused-ring (bicyclic) bond motifs is 3. The van der Waals surface area contributed by atoms with Gasteiger partial charge >= 0.3 is 5.97 Å². The van der Waals surface area contributed by atoms with E-state index in [9.17, 15) is 19.1 Å². The number of ether oxygens (including phenoxy) is 2. The lowest BCUT2D eigenvalue weighted by molar-refractivity contribution is -0.141. The lowest BCUT2D eigenvalue weighted by atomic mass is 9.91. The molecule has 4 rings (SSSR count). The van der Waals surface area contributed by atoms with Crippen LogP contribution in [0.5, 0.6) is 11.5 Å². The van der Waals surface area contributed by atoms with Crippen molar-refractivity contribution in [3.05, 3.63) is 59.5 Å². The van der Waals surface area contributed by atoms with E-state index >= 15 is 0 Å². The van der Waals surface area contributed by atoms with Gasteiger partial charge < -0.3 is 24.5 Å². The smallest absolute Gasteiger partial charge is 0.326 e. The van der Waals surface area contributed by atoms with Crippen LogP contribution in [0.25, 0.3) is 10.9 Å². The van der Waals surface area contributed by atoms with Crippen molar-refractivity contribution in [1.29, 1.82) is 0 Å². The minimum Gasteiger partial charge on any atom is -0.497 e. The number of aromatic nitrogens is 1. The summed E-state index contributed by atoms with van der Waals surface area (Å²) >= 11 is 0. The van der Waals surface area contributed by atoms with Gasteiger partial charge in [0.15, 0.2) is 6.61 Å². The highest BCUT2D eigenvalue weighted by Crippen LogP contribution is 2.36.